The number of carbonyl (C=O) groups is 1. The number of nitrogens with zero attached hydrogens (tertiary/aromatic N) is 3. The van der Waals surface area contributed by atoms with Crippen molar-refractivity contribution in [2.75, 3.05) is 5.32 Å². The Morgan fingerprint density at radius 3 is 2.43 bits per heavy atom. The Labute approximate surface area is 169 Å². The molecule has 0 aliphatic heterocycles. The number of para-hydroxylation sites is 1. The maximum absolute atomic E-state index is 13.2. The van der Waals surface area contributed by atoms with Crippen LogP contribution in [-0.2, 0) is 6.54 Å². The van der Waals surface area contributed by atoms with Gasteiger partial charge in [0.1, 0.15) is 0 Å². The molecular weight excluding hydrogens is 372 g/mol. The van der Waals surface area contributed by atoms with Gasteiger partial charge in [0.05, 0.1) is 6.54 Å². The van der Waals surface area contributed by atoms with Gasteiger partial charge in [0.25, 0.3) is 0 Å². The number of ketones is 1. The van der Waals surface area contributed by atoms with Crippen LogP contribution in [0.15, 0.2) is 71.9 Å². The highest BCUT2D eigenvalue weighted by atomic mass is 35.5. The molecule has 142 valence electrons. The smallest absolute Gasteiger partial charge is 0.214 e. The van der Waals surface area contributed by atoms with Gasteiger partial charge in [-0.05, 0) is 43.4 Å². The molecule has 0 fully saturated rings. The average Bonchev–Trinajstić information content (AvgIpc) is 3.10. The molecule has 0 spiro atoms. The molecule has 5 nitrogen and oxygen atoms in total. The first-order valence-corrected chi connectivity index (χ1v) is 9.82. The molecule has 1 aliphatic carbocycles. The van der Waals surface area contributed by atoms with Gasteiger partial charge in [-0.2, -0.15) is 0 Å². The van der Waals surface area contributed by atoms with Crippen molar-refractivity contribution in [3.63, 3.8) is 0 Å². The van der Waals surface area contributed by atoms with Gasteiger partial charge in [-0.25, -0.2) is 4.68 Å². The number of anilines is 1. The number of rotatable bonds is 6. The molecule has 2 aromatic carbocycles. The summed E-state index contributed by atoms with van der Waals surface area (Å²) in [6.07, 6.45) is 3.60. The Kier molecular flexibility index (Phi) is 5.53. The van der Waals surface area contributed by atoms with E-state index in [1.54, 1.807) is 4.68 Å². The summed E-state index contributed by atoms with van der Waals surface area (Å²) < 4.78 is 1.57. The monoisotopic (exact) mass is 392 g/mol. The third-order valence-corrected chi connectivity index (χ3v) is 5.25. The molecule has 0 radical (unpaired) electrons. The van der Waals surface area contributed by atoms with Crippen LogP contribution >= 0.6 is 11.6 Å². The van der Waals surface area contributed by atoms with Crippen LogP contribution in [-0.4, -0.2) is 20.8 Å². The minimum Gasteiger partial charge on any atom is -0.359 e. The average molecular weight is 393 g/mol. The predicted octanol–water partition coefficient (Wildman–Crippen LogP) is 5.10. The number of nitrogens with one attached hydrogen (secondary N) is 1. The van der Waals surface area contributed by atoms with Crippen LogP contribution in [0.4, 0.5) is 5.69 Å². The fourth-order valence-electron chi connectivity index (χ4n) is 3.43. The van der Waals surface area contributed by atoms with E-state index in [2.05, 4.69) is 15.6 Å². The summed E-state index contributed by atoms with van der Waals surface area (Å²) in [6, 6.07) is 19.8. The lowest BCUT2D eigenvalue weighted by molar-refractivity contribution is 0.102. The van der Waals surface area contributed by atoms with Gasteiger partial charge in [0.15, 0.2) is 10.8 Å². The van der Waals surface area contributed by atoms with E-state index in [4.69, 9.17) is 11.6 Å². The topological polar surface area (TPSA) is 59.8 Å². The lowest BCUT2D eigenvalue weighted by Gasteiger charge is -2.20. The van der Waals surface area contributed by atoms with E-state index in [1.165, 1.54) is 0 Å². The maximum Gasteiger partial charge on any atom is 0.214 e. The molecule has 1 N–H and O–H groups in total. The molecule has 1 heterocycles. The van der Waals surface area contributed by atoms with Crippen molar-refractivity contribution in [2.24, 2.45) is 0 Å². The second-order valence-corrected chi connectivity index (χ2v) is 7.21. The zero-order chi connectivity index (χ0) is 19.3. The molecule has 0 bridgehead atoms. The van der Waals surface area contributed by atoms with Crippen LogP contribution in [0, 0.1) is 0 Å². The summed E-state index contributed by atoms with van der Waals surface area (Å²) in [4.78, 5) is 13.2. The van der Waals surface area contributed by atoms with Gasteiger partial charge in [0.2, 0.25) is 5.78 Å². The first kappa shape index (κ1) is 18.4. The molecule has 1 aliphatic rings. The Morgan fingerprint density at radius 2 is 1.68 bits per heavy atom. The van der Waals surface area contributed by atoms with Crippen molar-refractivity contribution >= 4 is 23.1 Å². The molecule has 0 saturated heterocycles. The summed E-state index contributed by atoms with van der Waals surface area (Å²) in [5, 5.41) is 11.9. The zero-order valence-electron chi connectivity index (χ0n) is 15.4. The number of halogens is 1. The second kappa shape index (κ2) is 8.40. The van der Waals surface area contributed by atoms with Gasteiger partial charge in [-0.1, -0.05) is 65.3 Å². The molecule has 0 atom stereocenters. The van der Waals surface area contributed by atoms with E-state index in [-0.39, 0.29) is 16.6 Å². The number of hydrogen-bond acceptors (Lipinski definition) is 4. The van der Waals surface area contributed by atoms with Crippen molar-refractivity contribution in [3.05, 3.63) is 88.3 Å². The van der Waals surface area contributed by atoms with E-state index in [0.717, 1.165) is 48.2 Å². The molecular formula is C22H21ClN4O. The number of carbonyl (C=O) groups excluding carboxylic acids is 1. The van der Waals surface area contributed by atoms with E-state index >= 15 is 0 Å². The Morgan fingerprint density at radius 1 is 1.00 bits per heavy atom. The fraction of sp³-hybridized carbons (Fsp3) is 0.227. The van der Waals surface area contributed by atoms with Crippen molar-refractivity contribution in [2.45, 2.75) is 32.2 Å². The van der Waals surface area contributed by atoms with E-state index < -0.39 is 0 Å². The van der Waals surface area contributed by atoms with Gasteiger partial charge < -0.3 is 5.32 Å². The summed E-state index contributed by atoms with van der Waals surface area (Å²) in [6.45, 7) is 0.480. The first-order chi connectivity index (χ1) is 13.7. The van der Waals surface area contributed by atoms with Crippen molar-refractivity contribution < 1.29 is 4.79 Å². The van der Waals surface area contributed by atoms with Gasteiger partial charge in [-0.3, -0.25) is 4.79 Å². The quantitative estimate of drug-likeness (QED) is 0.592. The molecule has 0 amide bonds. The number of Topliss-reactive ketones (excluding diaryl/α,β-unsaturated/α-hetero) is 1. The first-order valence-electron chi connectivity index (χ1n) is 9.44. The number of allylic oxidation sites excluding steroid dienone is 2. The number of hydrogen-bond donors (Lipinski definition) is 1. The molecule has 1 aromatic heterocycles. The SMILES string of the molecule is O=C(C1=C(Nc2ccccc2)CCCC1)c1nnn(Cc2ccccc2)c1Cl. The van der Waals surface area contributed by atoms with E-state index in [1.807, 2.05) is 60.7 Å². The van der Waals surface area contributed by atoms with Gasteiger partial charge in [0, 0.05) is 17.0 Å². The lowest BCUT2D eigenvalue weighted by atomic mass is 9.92. The molecule has 28 heavy (non-hydrogen) atoms. The van der Waals surface area contributed by atoms with Crippen LogP contribution in [0.3, 0.4) is 0 Å². The number of aromatic nitrogens is 3. The highest BCUT2D eigenvalue weighted by molar-refractivity contribution is 6.33. The lowest BCUT2D eigenvalue weighted by Crippen LogP contribution is -2.16. The normalized spacial score (nSPS) is 14.2. The molecule has 0 unspecified atom stereocenters. The van der Waals surface area contributed by atoms with Crippen LogP contribution in [0.25, 0.3) is 0 Å². The Bertz CT molecular complexity index is 996. The Balaban J connectivity index is 1.60. The third-order valence-electron chi connectivity index (χ3n) is 4.88. The maximum atomic E-state index is 13.2. The standard InChI is InChI=1S/C22H21ClN4O/c23-22-20(25-26-27(22)15-16-9-3-1-4-10-16)21(28)18-13-7-8-14-19(18)24-17-11-5-2-6-12-17/h1-6,9-12,24H,7-8,13-15H2. The van der Waals surface area contributed by atoms with Crippen molar-refractivity contribution in [1.82, 2.24) is 15.0 Å². The predicted molar refractivity (Wildman–Crippen MR) is 110 cm³/mol. The van der Waals surface area contributed by atoms with Gasteiger partial charge in [-0.15, -0.1) is 5.10 Å². The second-order valence-electron chi connectivity index (χ2n) is 6.86. The summed E-state index contributed by atoms with van der Waals surface area (Å²) in [5.41, 5.74) is 3.96. The van der Waals surface area contributed by atoms with Crippen LogP contribution < -0.4 is 5.32 Å². The van der Waals surface area contributed by atoms with Gasteiger partial charge >= 0.3 is 0 Å². The Hall–Kier alpha value is -2.92. The minimum atomic E-state index is -0.137. The van der Waals surface area contributed by atoms with E-state index in [9.17, 15) is 4.79 Å². The van der Waals surface area contributed by atoms with Crippen molar-refractivity contribution in [3.8, 4) is 0 Å². The number of benzene rings is 2. The van der Waals surface area contributed by atoms with Crippen LogP contribution in [0.2, 0.25) is 5.15 Å². The third kappa shape index (κ3) is 3.99. The summed E-state index contributed by atoms with van der Waals surface area (Å²) in [5.74, 6) is -0.137. The highest BCUT2D eigenvalue weighted by Crippen LogP contribution is 2.30. The fourth-order valence-corrected chi connectivity index (χ4v) is 3.65. The summed E-state index contributed by atoms with van der Waals surface area (Å²) >= 11 is 6.47. The van der Waals surface area contributed by atoms with Crippen LogP contribution in [0.1, 0.15) is 41.7 Å². The highest BCUT2D eigenvalue weighted by Gasteiger charge is 2.26. The van der Waals surface area contributed by atoms with E-state index in [0.29, 0.717) is 6.54 Å². The largest absolute Gasteiger partial charge is 0.359 e. The summed E-state index contributed by atoms with van der Waals surface area (Å²) in [7, 11) is 0. The van der Waals surface area contributed by atoms with Crippen LogP contribution in [0.5, 0.6) is 0 Å². The molecule has 4 rings (SSSR count). The zero-order valence-corrected chi connectivity index (χ0v) is 16.2. The minimum absolute atomic E-state index is 0.137. The van der Waals surface area contributed by atoms with Crippen molar-refractivity contribution in [1.29, 1.82) is 0 Å². The molecule has 6 heteroatoms. The molecule has 0 saturated carbocycles. The molecule has 3 aromatic rings.